The summed E-state index contributed by atoms with van der Waals surface area (Å²) in [7, 11) is 1.66. The molecule has 0 aromatic heterocycles. The molecule has 0 amide bonds. The lowest BCUT2D eigenvalue weighted by Crippen LogP contribution is -2.55. The summed E-state index contributed by atoms with van der Waals surface area (Å²) >= 11 is 5.75. The number of rotatable bonds is 7. The van der Waals surface area contributed by atoms with Crippen molar-refractivity contribution < 1.29 is 9.13 Å². The van der Waals surface area contributed by atoms with Crippen LogP contribution in [-0.4, -0.2) is 18.8 Å². The van der Waals surface area contributed by atoms with Crippen LogP contribution in [-0.2, 0) is 11.2 Å². The third-order valence-electron chi connectivity index (χ3n) is 3.88. The van der Waals surface area contributed by atoms with Gasteiger partial charge in [-0.25, -0.2) is 4.39 Å². The summed E-state index contributed by atoms with van der Waals surface area (Å²) in [5.74, 6) is 5.32. The molecule has 0 aliphatic heterocycles. The van der Waals surface area contributed by atoms with Gasteiger partial charge in [0.05, 0.1) is 11.6 Å². The van der Waals surface area contributed by atoms with E-state index in [9.17, 15) is 4.39 Å². The minimum absolute atomic E-state index is 0.164. The van der Waals surface area contributed by atoms with Crippen molar-refractivity contribution in [2.75, 3.05) is 7.11 Å². The number of nitrogens with one attached hydrogen (secondary N) is 1. The Labute approximate surface area is 119 Å². The molecule has 0 saturated carbocycles. The predicted molar refractivity (Wildman–Crippen MR) is 76.5 cm³/mol. The molecule has 0 bridgehead atoms. The van der Waals surface area contributed by atoms with E-state index in [1.54, 1.807) is 19.2 Å². The maximum atomic E-state index is 13.9. The van der Waals surface area contributed by atoms with Crippen molar-refractivity contribution in [1.29, 1.82) is 0 Å². The van der Waals surface area contributed by atoms with E-state index in [0.29, 0.717) is 17.0 Å². The Bertz CT molecular complexity index is 402. The summed E-state index contributed by atoms with van der Waals surface area (Å²) in [6.07, 6.45) is 2.04. The van der Waals surface area contributed by atoms with E-state index in [0.717, 1.165) is 12.8 Å². The molecule has 1 rings (SSSR count). The lowest BCUT2D eigenvalue weighted by Gasteiger charge is -2.38. The van der Waals surface area contributed by atoms with Gasteiger partial charge < -0.3 is 4.74 Å². The first-order chi connectivity index (χ1) is 9.02. The number of hydrogen-bond acceptors (Lipinski definition) is 3. The molecular weight excluding hydrogens is 267 g/mol. The van der Waals surface area contributed by atoms with Crippen LogP contribution in [0.1, 0.15) is 32.3 Å². The first-order valence-corrected chi connectivity index (χ1v) is 6.86. The third-order valence-corrected chi connectivity index (χ3v) is 4.11. The highest BCUT2D eigenvalue weighted by molar-refractivity contribution is 6.30. The standard InChI is InChI=1S/C14H22ClFN2O/c1-4-14(5-2,19-3)13(18-17)8-10-6-7-11(15)9-12(10)16/h6-7,9,13,18H,4-5,8,17H2,1-3H3. The molecule has 0 spiro atoms. The zero-order chi connectivity index (χ0) is 14.5. The summed E-state index contributed by atoms with van der Waals surface area (Å²) in [6, 6.07) is 4.52. The Morgan fingerprint density at radius 2 is 2.05 bits per heavy atom. The van der Waals surface area contributed by atoms with Crippen LogP contribution < -0.4 is 11.3 Å². The average Bonchev–Trinajstić information content (AvgIpc) is 2.42. The Kier molecular flexibility index (Phi) is 6.20. The Hall–Kier alpha value is -0.680. The predicted octanol–water partition coefficient (Wildman–Crippen LogP) is 3.06. The van der Waals surface area contributed by atoms with Crippen molar-refractivity contribution in [3.63, 3.8) is 0 Å². The third kappa shape index (κ3) is 3.66. The van der Waals surface area contributed by atoms with Gasteiger partial charge in [-0.3, -0.25) is 11.3 Å². The topological polar surface area (TPSA) is 47.3 Å². The molecule has 5 heteroatoms. The fourth-order valence-electron chi connectivity index (χ4n) is 2.48. The van der Waals surface area contributed by atoms with Crippen molar-refractivity contribution in [2.45, 2.75) is 44.8 Å². The summed E-state index contributed by atoms with van der Waals surface area (Å²) in [6.45, 7) is 4.07. The minimum atomic E-state index is -0.402. The molecule has 0 fully saturated rings. The highest BCUT2D eigenvalue weighted by Gasteiger charge is 2.35. The van der Waals surface area contributed by atoms with Crippen LogP contribution in [0.15, 0.2) is 18.2 Å². The zero-order valence-electron chi connectivity index (χ0n) is 11.7. The van der Waals surface area contributed by atoms with E-state index in [-0.39, 0.29) is 11.9 Å². The Morgan fingerprint density at radius 1 is 1.42 bits per heavy atom. The van der Waals surface area contributed by atoms with Crippen molar-refractivity contribution in [3.8, 4) is 0 Å². The number of methoxy groups -OCH3 is 1. The van der Waals surface area contributed by atoms with Crippen LogP contribution in [0.4, 0.5) is 4.39 Å². The lowest BCUT2D eigenvalue weighted by atomic mass is 9.84. The molecule has 108 valence electrons. The van der Waals surface area contributed by atoms with Gasteiger partial charge in [0.25, 0.3) is 0 Å². The van der Waals surface area contributed by atoms with Gasteiger partial charge in [-0.1, -0.05) is 31.5 Å². The SMILES string of the molecule is CCC(CC)(OC)C(Cc1ccc(Cl)cc1F)NN. The smallest absolute Gasteiger partial charge is 0.127 e. The Morgan fingerprint density at radius 3 is 2.47 bits per heavy atom. The van der Waals surface area contributed by atoms with Crippen LogP contribution in [0.5, 0.6) is 0 Å². The van der Waals surface area contributed by atoms with Gasteiger partial charge in [-0.2, -0.15) is 0 Å². The second kappa shape index (κ2) is 7.20. The fraction of sp³-hybridized carbons (Fsp3) is 0.571. The molecule has 1 atom stereocenters. The molecule has 3 N–H and O–H groups in total. The van der Waals surface area contributed by atoms with E-state index in [1.165, 1.54) is 6.07 Å². The molecule has 0 aliphatic rings. The molecule has 0 aliphatic carbocycles. The summed E-state index contributed by atoms with van der Waals surface area (Å²) < 4.78 is 19.5. The van der Waals surface area contributed by atoms with Gasteiger partial charge in [-0.15, -0.1) is 0 Å². The molecular formula is C14H22ClFN2O. The van der Waals surface area contributed by atoms with Crippen LogP contribution in [0.25, 0.3) is 0 Å². The summed E-state index contributed by atoms with van der Waals surface area (Å²) in [5, 5.41) is 0.391. The zero-order valence-corrected chi connectivity index (χ0v) is 12.4. The molecule has 1 unspecified atom stereocenters. The van der Waals surface area contributed by atoms with Gasteiger partial charge in [0, 0.05) is 12.1 Å². The molecule has 19 heavy (non-hydrogen) atoms. The molecule has 0 radical (unpaired) electrons. The molecule has 1 aromatic rings. The average molecular weight is 289 g/mol. The van der Waals surface area contributed by atoms with Crippen molar-refractivity contribution in [2.24, 2.45) is 5.84 Å². The van der Waals surface area contributed by atoms with E-state index in [4.69, 9.17) is 22.2 Å². The highest BCUT2D eigenvalue weighted by atomic mass is 35.5. The molecule has 0 heterocycles. The van der Waals surface area contributed by atoms with Gasteiger partial charge in [-0.05, 0) is 37.0 Å². The number of hydrogen-bond donors (Lipinski definition) is 2. The Balaban J connectivity index is 2.98. The van der Waals surface area contributed by atoms with Gasteiger partial charge in [0.15, 0.2) is 0 Å². The minimum Gasteiger partial charge on any atom is -0.377 e. The normalized spacial score (nSPS) is 13.6. The first kappa shape index (κ1) is 16.4. The number of hydrazine groups is 1. The number of nitrogens with two attached hydrogens (primary N) is 1. The summed E-state index contributed by atoms with van der Waals surface area (Å²) in [4.78, 5) is 0. The summed E-state index contributed by atoms with van der Waals surface area (Å²) in [5.41, 5.74) is 2.94. The second-order valence-electron chi connectivity index (χ2n) is 4.64. The van der Waals surface area contributed by atoms with Crippen LogP contribution in [0.2, 0.25) is 5.02 Å². The lowest BCUT2D eigenvalue weighted by molar-refractivity contribution is -0.0474. The molecule has 0 saturated heterocycles. The monoisotopic (exact) mass is 288 g/mol. The van der Waals surface area contributed by atoms with E-state index in [2.05, 4.69) is 5.43 Å². The van der Waals surface area contributed by atoms with E-state index in [1.807, 2.05) is 13.8 Å². The van der Waals surface area contributed by atoms with Gasteiger partial charge >= 0.3 is 0 Å². The maximum Gasteiger partial charge on any atom is 0.127 e. The van der Waals surface area contributed by atoms with E-state index < -0.39 is 5.60 Å². The largest absolute Gasteiger partial charge is 0.377 e. The number of halogens is 2. The van der Waals surface area contributed by atoms with Crippen molar-refractivity contribution in [3.05, 3.63) is 34.6 Å². The van der Waals surface area contributed by atoms with Crippen LogP contribution in [0.3, 0.4) is 0 Å². The van der Waals surface area contributed by atoms with Gasteiger partial charge in [0.2, 0.25) is 0 Å². The number of ether oxygens (including phenoxy) is 1. The molecule has 3 nitrogen and oxygen atoms in total. The quantitative estimate of drug-likeness (QED) is 0.599. The molecule has 1 aromatic carbocycles. The first-order valence-electron chi connectivity index (χ1n) is 6.48. The maximum absolute atomic E-state index is 13.9. The van der Waals surface area contributed by atoms with E-state index >= 15 is 0 Å². The van der Waals surface area contributed by atoms with Crippen LogP contribution in [0, 0.1) is 5.82 Å². The van der Waals surface area contributed by atoms with Gasteiger partial charge in [0.1, 0.15) is 5.82 Å². The second-order valence-corrected chi connectivity index (χ2v) is 5.07. The fourth-order valence-corrected chi connectivity index (χ4v) is 2.64. The highest BCUT2D eigenvalue weighted by Crippen LogP contribution is 2.27. The number of benzene rings is 1. The van der Waals surface area contributed by atoms with Crippen LogP contribution >= 0.6 is 11.6 Å². The van der Waals surface area contributed by atoms with Crippen molar-refractivity contribution in [1.82, 2.24) is 5.43 Å². The van der Waals surface area contributed by atoms with Crippen molar-refractivity contribution >= 4 is 11.6 Å².